The number of aromatic nitrogens is 1. The van der Waals surface area contributed by atoms with Crippen LogP contribution < -0.4 is 9.62 Å². The van der Waals surface area contributed by atoms with E-state index in [2.05, 4.69) is 33.7 Å². The molecule has 27 heavy (non-hydrogen) atoms. The van der Waals surface area contributed by atoms with Crippen LogP contribution in [0.5, 0.6) is 0 Å². The molecule has 0 amide bonds. The van der Waals surface area contributed by atoms with Crippen molar-refractivity contribution in [1.82, 2.24) is 9.71 Å². The largest absolute Gasteiger partial charge is 0.367 e. The third-order valence-corrected chi connectivity index (χ3v) is 6.58. The summed E-state index contributed by atoms with van der Waals surface area (Å²) in [5, 5.41) is 0.833. The van der Waals surface area contributed by atoms with Crippen LogP contribution in [-0.4, -0.2) is 32.5 Å². The van der Waals surface area contributed by atoms with E-state index in [-0.39, 0.29) is 10.9 Å². The van der Waals surface area contributed by atoms with Gasteiger partial charge in [0, 0.05) is 36.4 Å². The van der Waals surface area contributed by atoms with Crippen LogP contribution in [0.15, 0.2) is 59.6 Å². The summed E-state index contributed by atoms with van der Waals surface area (Å²) >= 11 is 0. The summed E-state index contributed by atoms with van der Waals surface area (Å²) in [4.78, 5) is 6.85. The summed E-state index contributed by atoms with van der Waals surface area (Å²) < 4.78 is 28.6. The molecule has 0 bridgehead atoms. The second-order valence-corrected chi connectivity index (χ2v) is 8.85. The Balaban J connectivity index is 1.55. The minimum absolute atomic E-state index is 0.0635. The van der Waals surface area contributed by atoms with Crippen molar-refractivity contribution in [1.29, 1.82) is 0 Å². The zero-order valence-corrected chi connectivity index (χ0v) is 16.3. The standard InChI is InChI=1S/C21H23N3O2S/c1-15-12-18-7-5-9-20(21(18)22-13-15)27(25,26)23-14-16(2)24-11-10-17-6-3-4-8-19(17)24/h3-9,12-13,16,23H,10-11,14H2,1-2H3. The lowest BCUT2D eigenvalue weighted by atomic mass is 10.2. The van der Waals surface area contributed by atoms with Gasteiger partial charge in [-0.3, -0.25) is 4.98 Å². The first-order valence-electron chi connectivity index (χ1n) is 9.15. The number of aryl methyl sites for hydroxylation is 1. The highest BCUT2D eigenvalue weighted by Gasteiger charge is 2.25. The zero-order chi connectivity index (χ0) is 19.0. The number of anilines is 1. The lowest BCUT2D eigenvalue weighted by molar-refractivity contribution is 0.567. The molecule has 1 unspecified atom stereocenters. The van der Waals surface area contributed by atoms with Crippen LogP contribution in [0.2, 0.25) is 0 Å². The molecular formula is C21H23N3O2S. The van der Waals surface area contributed by atoms with Crippen molar-refractivity contribution in [2.24, 2.45) is 0 Å². The topological polar surface area (TPSA) is 62.3 Å². The summed E-state index contributed by atoms with van der Waals surface area (Å²) in [7, 11) is -3.64. The monoisotopic (exact) mass is 381 g/mol. The second kappa shape index (κ2) is 6.94. The average Bonchev–Trinajstić information content (AvgIpc) is 3.09. The molecule has 140 valence electrons. The highest BCUT2D eigenvalue weighted by atomic mass is 32.2. The first-order chi connectivity index (χ1) is 13.0. The maximum absolute atomic E-state index is 12.9. The minimum atomic E-state index is -3.64. The Hall–Kier alpha value is -2.44. The van der Waals surface area contributed by atoms with Crippen LogP contribution in [0.3, 0.4) is 0 Å². The van der Waals surface area contributed by atoms with E-state index in [9.17, 15) is 8.42 Å². The first kappa shape index (κ1) is 17.9. The third-order valence-electron chi connectivity index (χ3n) is 5.12. The second-order valence-electron chi connectivity index (χ2n) is 7.11. The molecule has 0 saturated heterocycles. The molecular weight excluding hydrogens is 358 g/mol. The fourth-order valence-corrected chi connectivity index (χ4v) is 5.00. The van der Waals surface area contributed by atoms with Gasteiger partial charge in [-0.25, -0.2) is 13.1 Å². The van der Waals surface area contributed by atoms with Gasteiger partial charge in [0.15, 0.2) is 0 Å². The van der Waals surface area contributed by atoms with Gasteiger partial charge < -0.3 is 4.90 Å². The number of fused-ring (bicyclic) bond motifs is 2. The SMILES string of the molecule is Cc1cnc2c(S(=O)(=O)NCC(C)N3CCc4ccccc43)cccc2c1. The molecule has 1 aliphatic rings. The molecule has 2 aromatic carbocycles. The number of nitrogens with zero attached hydrogens (tertiary/aromatic N) is 2. The summed E-state index contributed by atoms with van der Waals surface area (Å²) in [5.74, 6) is 0. The Morgan fingerprint density at radius 1 is 1.19 bits per heavy atom. The Morgan fingerprint density at radius 2 is 2.00 bits per heavy atom. The number of pyridine rings is 1. The van der Waals surface area contributed by atoms with Crippen molar-refractivity contribution in [3.05, 3.63) is 65.9 Å². The van der Waals surface area contributed by atoms with Crippen LogP contribution in [0.1, 0.15) is 18.1 Å². The van der Waals surface area contributed by atoms with Crippen molar-refractivity contribution < 1.29 is 8.42 Å². The van der Waals surface area contributed by atoms with Crippen LogP contribution in [-0.2, 0) is 16.4 Å². The Labute approximate surface area is 160 Å². The quantitative estimate of drug-likeness (QED) is 0.737. The molecule has 1 atom stereocenters. The summed E-state index contributed by atoms with van der Waals surface area (Å²) in [6, 6.07) is 15.6. The summed E-state index contributed by atoms with van der Waals surface area (Å²) in [6.45, 7) is 5.26. The van der Waals surface area contributed by atoms with Gasteiger partial charge in [0.25, 0.3) is 0 Å². The van der Waals surface area contributed by atoms with Gasteiger partial charge in [-0.1, -0.05) is 30.3 Å². The fourth-order valence-electron chi connectivity index (χ4n) is 3.70. The number of benzene rings is 2. The van der Waals surface area contributed by atoms with Gasteiger partial charge in [-0.05, 0) is 49.6 Å². The van der Waals surface area contributed by atoms with Gasteiger partial charge in [-0.2, -0.15) is 0 Å². The van der Waals surface area contributed by atoms with Gasteiger partial charge in [0.05, 0.1) is 5.52 Å². The van der Waals surface area contributed by atoms with Crippen molar-refractivity contribution in [2.75, 3.05) is 18.0 Å². The van der Waals surface area contributed by atoms with Gasteiger partial charge in [0.2, 0.25) is 10.0 Å². The average molecular weight is 382 g/mol. The minimum Gasteiger partial charge on any atom is -0.367 e. The Bertz CT molecular complexity index is 1100. The first-order valence-corrected chi connectivity index (χ1v) is 10.6. The number of sulfonamides is 1. The predicted molar refractivity (Wildman–Crippen MR) is 109 cm³/mol. The highest BCUT2D eigenvalue weighted by molar-refractivity contribution is 7.89. The number of nitrogens with one attached hydrogen (secondary N) is 1. The number of hydrogen-bond donors (Lipinski definition) is 1. The van der Waals surface area contributed by atoms with Crippen molar-refractivity contribution in [3.8, 4) is 0 Å². The van der Waals surface area contributed by atoms with E-state index in [0.29, 0.717) is 12.1 Å². The van der Waals surface area contributed by atoms with Crippen molar-refractivity contribution in [2.45, 2.75) is 31.2 Å². The normalized spacial score (nSPS) is 15.1. The molecule has 0 radical (unpaired) electrons. The molecule has 1 aromatic heterocycles. The number of para-hydroxylation sites is 2. The highest BCUT2D eigenvalue weighted by Crippen LogP contribution is 2.29. The van der Waals surface area contributed by atoms with E-state index < -0.39 is 10.0 Å². The molecule has 0 spiro atoms. The molecule has 1 N–H and O–H groups in total. The van der Waals surface area contributed by atoms with Crippen LogP contribution in [0.25, 0.3) is 10.9 Å². The molecule has 1 aliphatic heterocycles. The number of hydrogen-bond acceptors (Lipinski definition) is 4. The van der Waals surface area contributed by atoms with Gasteiger partial charge in [-0.15, -0.1) is 0 Å². The molecule has 2 heterocycles. The maximum Gasteiger partial charge on any atom is 0.242 e. The lowest BCUT2D eigenvalue weighted by Crippen LogP contribution is -2.41. The van der Waals surface area contributed by atoms with Crippen LogP contribution in [0, 0.1) is 6.92 Å². The van der Waals surface area contributed by atoms with E-state index in [1.165, 1.54) is 11.3 Å². The van der Waals surface area contributed by atoms with E-state index in [1.807, 2.05) is 31.2 Å². The van der Waals surface area contributed by atoms with E-state index in [4.69, 9.17) is 0 Å². The summed E-state index contributed by atoms with van der Waals surface area (Å²) in [5.41, 5.74) is 4.04. The van der Waals surface area contributed by atoms with E-state index >= 15 is 0 Å². The molecule has 0 fully saturated rings. The van der Waals surface area contributed by atoms with E-state index in [1.54, 1.807) is 18.3 Å². The third kappa shape index (κ3) is 3.42. The lowest BCUT2D eigenvalue weighted by Gasteiger charge is -2.27. The molecule has 3 aromatic rings. The fraction of sp³-hybridized carbons (Fsp3) is 0.286. The van der Waals surface area contributed by atoms with Crippen LogP contribution >= 0.6 is 0 Å². The Kier molecular flexibility index (Phi) is 4.61. The summed E-state index contributed by atoms with van der Waals surface area (Å²) in [6.07, 6.45) is 2.70. The zero-order valence-electron chi connectivity index (χ0n) is 15.5. The van der Waals surface area contributed by atoms with E-state index in [0.717, 1.165) is 23.9 Å². The smallest absolute Gasteiger partial charge is 0.242 e. The predicted octanol–water partition coefficient (Wildman–Crippen LogP) is 3.27. The number of rotatable bonds is 5. The van der Waals surface area contributed by atoms with Crippen molar-refractivity contribution >= 4 is 26.6 Å². The molecule has 4 rings (SSSR count). The van der Waals surface area contributed by atoms with Gasteiger partial charge in [0.1, 0.15) is 4.90 Å². The van der Waals surface area contributed by atoms with Gasteiger partial charge >= 0.3 is 0 Å². The molecule has 5 nitrogen and oxygen atoms in total. The van der Waals surface area contributed by atoms with Crippen LogP contribution in [0.4, 0.5) is 5.69 Å². The maximum atomic E-state index is 12.9. The molecule has 6 heteroatoms. The molecule has 0 aliphatic carbocycles. The molecule has 0 saturated carbocycles. The van der Waals surface area contributed by atoms with Crippen molar-refractivity contribution in [3.63, 3.8) is 0 Å². The Morgan fingerprint density at radius 3 is 2.85 bits per heavy atom.